The number of phenols is 1. The first-order chi connectivity index (χ1) is 11.3. The van der Waals surface area contributed by atoms with Crippen molar-refractivity contribution in [3.05, 3.63) is 22.6 Å². The first-order valence-electron chi connectivity index (χ1n) is 6.46. The van der Waals surface area contributed by atoms with Gasteiger partial charge >= 0.3 is 0 Å². The van der Waals surface area contributed by atoms with E-state index in [4.69, 9.17) is 0 Å². The Kier molecular flexibility index (Phi) is 6.23. The zero-order valence-electron chi connectivity index (χ0n) is 12.3. The molecule has 0 aliphatic carbocycles. The second-order valence-electron chi connectivity index (χ2n) is 4.71. The van der Waals surface area contributed by atoms with Gasteiger partial charge in [-0.2, -0.15) is 0 Å². The van der Waals surface area contributed by atoms with Gasteiger partial charge in [-0.05, 0) is 6.08 Å². The number of nitrogens with zero attached hydrogens (tertiary/aromatic N) is 1. The molecule has 1 saturated heterocycles. The highest BCUT2D eigenvalue weighted by Crippen LogP contribution is 2.35. The van der Waals surface area contributed by atoms with Crippen LogP contribution < -0.4 is 9.44 Å². The molecule has 0 bridgehead atoms. The Balaban J connectivity index is 2.57. The van der Waals surface area contributed by atoms with Crippen LogP contribution in [0.2, 0.25) is 0 Å². The van der Waals surface area contributed by atoms with Crippen LogP contribution in [0.5, 0.6) is 5.75 Å². The minimum absolute atomic E-state index is 0.0644. The van der Waals surface area contributed by atoms with Crippen molar-refractivity contribution in [2.24, 2.45) is 0 Å². The van der Waals surface area contributed by atoms with Crippen LogP contribution in [0.25, 0.3) is 6.08 Å². The third-order valence-electron chi connectivity index (χ3n) is 3.07. The Morgan fingerprint density at radius 2 is 1.79 bits per heavy atom. The normalized spacial score (nSPS) is 19.2. The number of likely N-dealkylation sites (N-methyl/N-ethyl adjacent to an activating group) is 1. The molecule has 12 heteroatoms. The fourth-order valence-electron chi connectivity index (χ4n) is 2.02. The van der Waals surface area contributed by atoms with Gasteiger partial charge in [-0.3, -0.25) is 13.2 Å². The lowest BCUT2D eigenvalue weighted by atomic mass is 10.1. The zero-order valence-corrected chi connectivity index (χ0v) is 14.8. The maximum absolute atomic E-state index is 12.2. The molecule has 2 rings (SSSR count). The minimum Gasteiger partial charge on any atom is -0.755 e. The summed E-state index contributed by atoms with van der Waals surface area (Å²) in [5.41, 5.74) is -0.0110. The van der Waals surface area contributed by atoms with Gasteiger partial charge in [0.05, 0.1) is 16.3 Å². The van der Waals surface area contributed by atoms with Gasteiger partial charge in [0, 0.05) is 59.6 Å². The maximum atomic E-state index is 12.2. The first kappa shape index (κ1) is 18.7. The highest BCUT2D eigenvalue weighted by Gasteiger charge is 2.22. The van der Waals surface area contributed by atoms with Crippen molar-refractivity contribution in [2.45, 2.75) is 0 Å². The summed E-state index contributed by atoms with van der Waals surface area (Å²) in [4.78, 5) is 14.0. The van der Waals surface area contributed by atoms with Crippen molar-refractivity contribution in [2.75, 3.05) is 28.8 Å². The lowest BCUT2D eigenvalue weighted by Crippen LogP contribution is -2.33. The van der Waals surface area contributed by atoms with E-state index in [-0.39, 0.29) is 28.6 Å². The number of hydrogen-bond acceptors (Lipinski definition) is 7. The summed E-state index contributed by atoms with van der Waals surface area (Å²) in [5, 5.41) is 9.66. The van der Waals surface area contributed by atoms with Crippen molar-refractivity contribution < 1.29 is 27.4 Å². The van der Waals surface area contributed by atoms with Gasteiger partial charge in [0.2, 0.25) is 0 Å². The van der Waals surface area contributed by atoms with Crippen LogP contribution in [0.4, 0.5) is 11.4 Å². The molecule has 3 N–H and O–H groups in total. The lowest BCUT2D eigenvalue weighted by molar-refractivity contribution is -0.125. The first-order valence-corrected chi connectivity index (χ1v) is 9.60. The summed E-state index contributed by atoms with van der Waals surface area (Å²) in [5.74, 6) is 0.0408. The SMILES string of the molecule is CN1CCSC(=Cc2c(NS(=O)[O-])cc(O)cc2NS(=O)[O-])C1=O. The number of amides is 1. The minimum atomic E-state index is -2.70. The Labute approximate surface area is 147 Å². The highest BCUT2D eigenvalue weighted by molar-refractivity contribution is 8.04. The van der Waals surface area contributed by atoms with Crippen molar-refractivity contribution in [3.8, 4) is 5.75 Å². The van der Waals surface area contributed by atoms with Crippen LogP contribution in [0.15, 0.2) is 17.0 Å². The van der Waals surface area contributed by atoms with Crippen LogP contribution in [-0.2, 0) is 27.3 Å². The molecule has 9 nitrogen and oxygen atoms in total. The standard InChI is InChI=1S/C12H15N3O6S3/c1-15-2-3-22-11(12(15)17)6-8-9(13-23(18)19)4-7(16)5-10(8)14-24(20)21/h4-6,13-14,16H,2-3H2,1H3,(H,18,19)(H,20,21)/p-2. The molecule has 2 unspecified atom stereocenters. The molecule has 1 amide bonds. The molecular weight excluding hydrogens is 378 g/mol. The summed E-state index contributed by atoms with van der Waals surface area (Å²) in [6.07, 6.45) is 1.38. The molecule has 1 aromatic carbocycles. The molecule has 1 aromatic rings. The van der Waals surface area contributed by atoms with E-state index < -0.39 is 22.5 Å². The van der Waals surface area contributed by atoms with E-state index in [1.54, 1.807) is 7.05 Å². The van der Waals surface area contributed by atoms with Crippen molar-refractivity contribution in [3.63, 3.8) is 0 Å². The molecule has 1 aliphatic rings. The summed E-state index contributed by atoms with van der Waals surface area (Å²) in [6, 6.07) is 2.23. The number of aromatic hydroxyl groups is 1. The van der Waals surface area contributed by atoms with Gasteiger partial charge in [-0.1, -0.05) is 0 Å². The van der Waals surface area contributed by atoms with E-state index in [0.29, 0.717) is 17.2 Å². The number of phenolic OH excluding ortho intramolecular Hbond substituents is 1. The molecular formula is C12H13N3O6S3-2. The van der Waals surface area contributed by atoms with E-state index in [0.717, 1.165) is 12.1 Å². The Morgan fingerprint density at radius 1 is 1.25 bits per heavy atom. The third-order valence-corrected chi connectivity index (χ3v) is 4.83. The zero-order chi connectivity index (χ0) is 17.9. The smallest absolute Gasteiger partial charge is 0.260 e. The van der Waals surface area contributed by atoms with Crippen LogP contribution in [-0.4, -0.2) is 52.8 Å². The van der Waals surface area contributed by atoms with Crippen molar-refractivity contribution in [1.29, 1.82) is 0 Å². The largest absolute Gasteiger partial charge is 0.755 e. The molecule has 132 valence electrons. The molecule has 2 atom stereocenters. The second-order valence-corrected chi connectivity index (χ2v) is 7.20. The number of nitrogens with one attached hydrogen (secondary N) is 2. The topological polar surface area (TPSA) is 145 Å². The van der Waals surface area contributed by atoms with Crippen LogP contribution >= 0.6 is 11.8 Å². The Bertz CT molecular complexity index is 702. The molecule has 24 heavy (non-hydrogen) atoms. The van der Waals surface area contributed by atoms with E-state index in [1.165, 1.54) is 22.7 Å². The van der Waals surface area contributed by atoms with Crippen LogP contribution in [0.1, 0.15) is 5.56 Å². The number of carbonyl (C=O) groups is 1. The van der Waals surface area contributed by atoms with Gasteiger partial charge < -0.3 is 28.6 Å². The summed E-state index contributed by atoms with van der Waals surface area (Å²) < 4.78 is 47.9. The monoisotopic (exact) mass is 391 g/mol. The quantitative estimate of drug-likeness (QED) is 0.485. The van der Waals surface area contributed by atoms with Crippen LogP contribution in [0.3, 0.4) is 0 Å². The molecule has 1 heterocycles. The summed E-state index contributed by atoms with van der Waals surface area (Å²) in [6.45, 7) is 0.571. The van der Waals surface area contributed by atoms with E-state index >= 15 is 0 Å². The number of thioether (sulfide) groups is 1. The molecule has 0 spiro atoms. The fraction of sp³-hybridized carbons (Fsp3) is 0.250. The molecule has 1 aliphatic heterocycles. The molecule has 0 radical (unpaired) electrons. The van der Waals surface area contributed by atoms with Gasteiger partial charge in [0.1, 0.15) is 5.75 Å². The second kappa shape index (κ2) is 7.98. The highest BCUT2D eigenvalue weighted by atomic mass is 32.2. The third kappa shape index (κ3) is 4.70. The van der Waals surface area contributed by atoms with Crippen LogP contribution in [0, 0.1) is 0 Å². The fourth-order valence-corrected chi connectivity index (χ4v) is 3.78. The average Bonchev–Trinajstić information content (AvgIpc) is 2.45. The number of carbonyl (C=O) groups excluding carboxylic acids is 1. The van der Waals surface area contributed by atoms with E-state index in [2.05, 4.69) is 9.44 Å². The molecule has 0 aromatic heterocycles. The lowest BCUT2D eigenvalue weighted by Gasteiger charge is -2.24. The summed E-state index contributed by atoms with van der Waals surface area (Å²) in [7, 11) is 1.63. The van der Waals surface area contributed by atoms with E-state index in [9.17, 15) is 27.4 Å². The van der Waals surface area contributed by atoms with Gasteiger partial charge in [0.15, 0.2) is 0 Å². The predicted octanol–water partition coefficient (Wildman–Crippen LogP) is 0.350. The Hall–Kier alpha value is -1.60. The van der Waals surface area contributed by atoms with E-state index in [1.807, 2.05) is 0 Å². The predicted molar refractivity (Wildman–Crippen MR) is 91.3 cm³/mol. The Morgan fingerprint density at radius 3 is 2.29 bits per heavy atom. The number of hydrogen-bond donors (Lipinski definition) is 3. The molecule has 0 saturated carbocycles. The van der Waals surface area contributed by atoms with Crippen molar-refractivity contribution >= 4 is 57.7 Å². The summed E-state index contributed by atoms with van der Waals surface area (Å²) >= 11 is -4.13. The van der Waals surface area contributed by atoms with Gasteiger partial charge in [0.25, 0.3) is 5.91 Å². The number of anilines is 2. The maximum Gasteiger partial charge on any atom is 0.260 e. The van der Waals surface area contributed by atoms with Gasteiger partial charge in [-0.25, -0.2) is 0 Å². The van der Waals surface area contributed by atoms with Crippen molar-refractivity contribution in [1.82, 2.24) is 4.90 Å². The molecule has 1 fully saturated rings. The van der Waals surface area contributed by atoms with Gasteiger partial charge in [-0.15, -0.1) is 11.8 Å². The average molecular weight is 391 g/mol. The number of benzene rings is 1. The number of rotatable bonds is 5.